The largest absolute Gasteiger partial charge is 0.420 e. The Bertz CT molecular complexity index is 1360. The van der Waals surface area contributed by atoms with Gasteiger partial charge in [0.05, 0.1) is 0 Å². The van der Waals surface area contributed by atoms with Crippen molar-refractivity contribution in [1.29, 1.82) is 0 Å². The van der Waals surface area contributed by atoms with Crippen LogP contribution in [0.1, 0.15) is 17.0 Å². The quantitative estimate of drug-likeness (QED) is 0.410. The monoisotopic (exact) mass is 407 g/mol. The number of fused-ring (bicyclic) bond motifs is 1. The minimum Gasteiger partial charge on any atom is -0.420 e. The van der Waals surface area contributed by atoms with Gasteiger partial charge in [-0.3, -0.25) is 4.98 Å². The van der Waals surface area contributed by atoms with Crippen LogP contribution in [-0.2, 0) is 6.54 Å². The lowest BCUT2D eigenvalue weighted by atomic mass is 10.0. The molecular formula is C25H21N5O. The minimum absolute atomic E-state index is 0.416. The molecule has 0 aliphatic carbocycles. The van der Waals surface area contributed by atoms with Gasteiger partial charge >= 0.3 is 0 Å². The highest BCUT2D eigenvalue weighted by Gasteiger charge is 2.10. The normalized spacial score (nSPS) is 11.0. The van der Waals surface area contributed by atoms with Crippen LogP contribution in [0.15, 0.2) is 77.5 Å². The molecule has 0 saturated heterocycles. The van der Waals surface area contributed by atoms with E-state index >= 15 is 0 Å². The van der Waals surface area contributed by atoms with Crippen LogP contribution in [0.4, 0.5) is 5.82 Å². The van der Waals surface area contributed by atoms with Crippen LogP contribution in [-0.4, -0.2) is 20.2 Å². The second kappa shape index (κ2) is 7.99. The SMILES string of the molecule is Cc1cccc(-c2ccc(CNc3nccc4cc(-c5nnc(C)o5)ncc34)cc2)c1. The van der Waals surface area contributed by atoms with Gasteiger partial charge in [0, 0.05) is 31.2 Å². The number of anilines is 1. The molecule has 0 bridgehead atoms. The van der Waals surface area contributed by atoms with E-state index in [1.54, 1.807) is 19.3 Å². The third-order valence-corrected chi connectivity index (χ3v) is 5.16. The van der Waals surface area contributed by atoms with E-state index < -0.39 is 0 Å². The number of aryl methyl sites for hydroxylation is 2. The fourth-order valence-corrected chi connectivity index (χ4v) is 3.55. The highest BCUT2D eigenvalue weighted by atomic mass is 16.4. The van der Waals surface area contributed by atoms with Crippen molar-refractivity contribution in [2.24, 2.45) is 0 Å². The van der Waals surface area contributed by atoms with Gasteiger partial charge in [-0.2, -0.15) is 0 Å². The molecule has 0 saturated carbocycles. The molecule has 0 unspecified atom stereocenters. The Morgan fingerprint density at radius 3 is 2.52 bits per heavy atom. The summed E-state index contributed by atoms with van der Waals surface area (Å²) < 4.78 is 5.49. The topological polar surface area (TPSA) is 76.7 Å². The standard InChI is InChI=1S/C25H21N5O/c1-16-4-3-5-20(12-16)19-8-6-18(7-9-19)14-28-24-22-15-27-23(13-21(22)10-11-26-24)25-30-29-17(2)31-25/h3-13,15H,14H2,1-2H3,(H,26,28). The summed E-state index contributed by atoms with van der Waals surface area (Å²) in [7, 11) is 0. The van der Waals surface area contributed by atoms with E-state index in [2.05, 4.69) is 80.9 Å². The summed E-state index contributed by atoms with van der Waals surface area (Å²) in [5.41, 5.74) is 5.53. The van der Waals surface area contributed by atoms with Crippen LogP contribution in [0.5, 0.6) is 0 Å². The summed E-state index contributed by atoms with van der Waals surface area (Å²) in [5.74, 6) is 1.72. The van der Waals surface area contributed by atoms with Crippen LogP contribution in [0.3, 0.4) is 0 Å². The van der Waals surface area contributed by atoms with Crippen molar-refractivity contribution in [3.63, 3.8) is 0 Å². The molecule has 3 aromatic heterocycles. The smallest absolute Gasteiger partial charge is 0.266 e. The number of nitrogens with one attached hydrogen (secondary N) is 1. The zero-order valence-electron chi connectivity index (χ0n) is 17.3. The maximum absolute atomic E-state index is 5.49. The van der Waals surface area contributed by atoms with Crippen molar-refractivity contribution in [1.82, 2.24) is 20.2 Å². The van der Waals surface area contributed by atoms with Crippen molar-refractivity contribution in [2.45, 2.75) is 20.4 Å². The van der Waals surface area contributed by atoms with Crippen LogP contribution in [0.25, 0.3) is 33.5 Å². The summed E-state index contributed by atoms with van der Waals surface area (Å²) in [6.45, 7) is 4.54. The molecule has 31 heavy (non-hydrogen) atoms. The number of aromatic nitrogens is 4. The first-order valence-corrected chi connectivity index (χ1v) is 10.1. The number of benzene rings is 2. The number of hydrogen-bond donors (Lipinski definition) is 1. The van der Waals surface area contributed by atoms with E-state index in [0.717, 1.165) is 16.6 Å². The summed E-state index contributed by atoms with van der Waals surface area (Å²) in [6, 6.07) is 21.0. The molecule has 0 radical (unpaired) electrons. The summed E-state index contributed by atoms with van der Waals surface area (Å²) in [4.78, 5) is 8.98. The average molecular weight is 407 g/mol. The molecule has 152 valence electrons. The van der Waals surface area contributed by atoms with Gasteiger partial charge in [0.2, 0.25) is 5.89 Å². The predicted octanol–water partition coefficient (Wildman–Crippen LogP) is 5.58. The molecule has 5 rings (SSSR count). The van der Waals surface area contributed by atoms with Gasteiger partial charge in [-0.25, -0.2) is 4.98 Å². The van der Waals surface area contributed by atoms with E-state index in [1.165, 1.54) is 22.3 Å². The third kappa shape index (κ3) is 4.00. The molecule has 0 spiro atoms. The van der Waals surface area contributed by atoms with Crippen LogP contribution < -0.4 is 5.32 Å². The molecule has 1 N–H and O–H groups in total. The van der Waals surface area contributed by atoms with Gasteiger partial charge in [0.25, 0.3) is 5.89 Å². The molecule has 5 aromatic rings. The minimum atomic E-state index is 0.416. The Balaban J connectivity index is 1.34. The van der Waals surface area contributed by atoms with Gasteiger partial charge in [0.1, 0.15) is 11.5 Å². The van der Waals surface area contributed by atoms with Gasteiger partial charge in [-0.15, -0.1) is 10.2 Å². The fraction of sp³-hybridized carbons (Fsp3) is 0.120. The van der Waals surface area contributed by atoms with E-state index in [0.29, 0.717) is 24.0 Å². The average Bonchev–Trinajstić information content (AvgIpc) is 3.24. The lowest BCUT2D eigenvalue weighted by molar-refractivity contribution is 0.531. The van der Waals surface area contributed by atoms with E-state index in [4.69, 9.17) is 4.42 Å². The van der Waals surface area contributed by atoms with E-state index in [9.17, 15) is 0 Å². The lowest BCUT2D eigenvalue weighted by Crippen LogP contribution is -2.02. The Morgan fingerprint density at radius 1 is 0.871 bits per heavy atom. The van der Waals surface area contributed by atoms with Crippen LogP contribution in [0.2, 0.25) is 0 Å². The molecule has 0 aliphatic heterocycles. The first kappa shape index (κ1) is 18.9. The van der Waals surface area contributed by atoms with Crippen molar-refractivity contribution < 1.29 is 4.42 Å². The van der Waals surface area contributed by atoms with Gasteiger partial charge in [0.15, 0.2) is 0 Å². The maximum Gasteiger partial charge on any atom is 0.266 e. The Hall–Kier alpha value is -4.06. The zero-order valence-corrected chi connectivity index (χ0v) is 17.3. The predicted molar refractivity (Wildman–Crippen MR) is 122 cm³/mol. The number of hydrogen-bond acceptors (Lipinski definition) is 6. The summed E-state index contributed by atoms with van der Waals surface area (Å²) >= 11 is 0. The highest BCUT2D eigenvalue weighted by Crippen LogP contribution is 2.26. The molecule has 2 aromatic carbocycles. The van der Waals surface area contributed by atoms with Crippen LogP contribution >= 0.6 is 0 Å². The van der Waals surface area contributed by atoms with Gasteiger partial charge in [-0.1, -0.05) is 54.1 Å². The van der Waals surface area contributed by atoms with E-state index in [-0.39, 0.29) is 0 Å². The Labute approximate surface area is 180 Å². The maximum atomic E-state index is 5.49. The first-order valence-electron chi connectivity index (χ1n) is 10.1. The summed E-state index contributed by atoms with van der Waals surface area (Å²) in [5, 5.41) is 13.3. The first-order chi connectivity index (χ1) is 15.2. The van der Waals surface area contributed by atoms with Crippen molar-refractivity contribution in [2.75, 3.05) is 5.32 Å². The molecular weight excluding hydrogens is 386 g/mol. The third-order valence-electron chi connectivity index (χ3n) is 5.16. The van der Waals surface area contributed by atoms with E-state index in [1.807, 2.05) is 12.1 Å². The van der Waals surface area contributed by atoms with Crippen LogP contribution in [0, 0.1) is 13.8 Å². The van der Waals surface area contributed by atoms with Gasteiger partial charge in [-0.05, 0) is 41.1 Å². The zero-order chi connectivity index (χ0) is 21.2. The molecule has 0 aliphatic rings. The van der Waals surface area contributed by atoms with Crippen molar-refractivity contribution in [3.05, 3.63) is 90.1 Å². The Morgan fingerprint density at radius 2 is 1.74 bits per heavy atom. The molecule has 0 atom stereocenters. The molecule has 0 fully saturated rings. The van der Waals surface area contributed by atoms with Crippen molar-refractivity contribution in [3.8, 4) is 22.7 Å². The fourth-order valence-electron chi connectivity index (χ4n) is 3.55. The lowest BCUT2D eigenvalue weighted by Gasteiger charge is -2.10. The Kier molecular flexibility index (Phi) is 4.88. The summed E-state index contributed by atoms with van der Waals surface area (Å²) in [6.07, 6.45) is 3.58. The number of pyridine rings is 2. The second-order valence-corrected chi connectivity index (χ2v) is 7.50. The second-order valence-electron chi connectivity index (χ2n) is 7.50. The van der Waals surface area contributed by atoms with Gasteiger partial charge < -0.3 is 9.73 Å². The molecule has 6 nitrogen and oxygen atoms in total. The van der Waals surface area contributed by atoms with Crippen molar-refractivity contribution >= 4 is 16.6 Å². The molecule has 3 heterocycles. The molecule has 0 amide bonds. The molecule has 6 heteroatoms. The number of rotatable bonds is 5. The highest BCUT2D eigenvalue weighted by molar-refractivity contribution is 5.92. The number of nitrogens with zero attached hydrogens (tertiary/aromatic N) is 4.